The van der Waals surface area contributed by atoms with Crippen LogP contribution in [0, 0.1) is 11.8 Å². The molecule has 0 aliphatic heterocycles. The molecule has 0 heterocycles. The van der Waals surface area contributed by atoms with Gasteiger partial charge in [0.15, 0.2) is 0 Å². The van der Waals surface area contributed by atoms with E-state index in [1.165, 1.54) is 0 Å². The summed E-state index contributed by atoms with van der Waals surface area (Å²) in [6, 6.07) is 0. The lowest BCUT2D eigenvalue weighted by Crippen LogP contribution is -2.22. The summed E-state index contributed by atoms with van der Waals surface area (Å²) in [7, 11) is 0. The van der Waals surface area contributed by atoms with Crippen molar-refractivity contribution in [2.75, 3.05) is 13.1 Å². The molecule has 3 N–H and O–H groups in total. The van der Waals surface area contributed by atoms with E-state index in [9.17, 15) is 4.79 Å². The van der Waals surface area contributed by atoms with Crippen molar-refractivity contribution in [1.82, 2.24) is 5.32 Å². The summed E-state index contributed by atoms with van der Waals surface area (Å²) >= 11 is 0. The molecule has 62 valence electrons. The third-order valence-electron chi connectivity index (χ3n) is 1.15. The number of nitrogens with two attached hydrogens (primary N) is 1. The molecule has 0 saturated carbocycles. The number of primary amides is 1. The van der Waals surface area contributed by atoms with Gasteiger partial charge in [0.05, 0.1) is 0 Å². The Balaban J connectivity index is 3.00. The average molecular weight is 154 g/mol. The van der Waals surface area contributed by atoms with E-state index >= 15 is 0 Å². The minimum Gasteiger partial charge on any atom is -0.370 e. The van der Waals surface area contributed by atoms with Crippen molar-refractivity contribution in [2.24, 2.45) is 5.73 Å². The van der Waals surface area contributed by atoms with E-state index in [0.717, 1.165) is 13.0 Å². The number of hydrogen-bond donors (Lipinski definition) is 2. The number of carbonyl (C=O) groups excluding carboxylic acids is 1. The molecule has 0 saturated heterocycles. The highest BCUT2D eigenvalue weighted by molar-refractivity contribution is 5.73. The largest absolute Gasteiger partial charge is 0.370 e. The summed E-state index contributed by atoms with van der Waals surface area (Å²) in [4.78, 5) is 10.2. The normalized spacial score (nSPS) is 8.45. The summed E-state index contributed by atoms with van der Waals surface area (Å²) in [5, 5.41) is 3.05. The Morgan fingerprint density at radius 3 is 2.82 bits per heavy atom. The van der Waals surface area contributed by atoms with E-state index in [-0.39, 0.29) is 5.91 Å². The molecule has 3 heteroatoms. The van der Waals surface area contributed by atoms with Gasteiger partial charge < -0.3 is 11.1 Å². The number of carbonyl (C=O) groups is 1. The Kier molecular flexibility index (Phi) is 6.45. The second kappa shape index (κ2) is 7.10. The second-order valence-electron chi connectivity index (χ2n) is 2.14. The molecule has 0 bridgehead atoms. The van der Waals surface area contributed by atoms with Crippen LogP contribution in [0.2, 0.25) is 0 Å². The molecule has 0 atom stereocenters. The van der Waals surface area contributed by atoms with Crippen LogP contribution in [-0.4, -0.2) is 19.0 Å². The Morgan fingerprint density at radius 2 is 2.27 bits per heavy atom. The fraction of sp³-hybridized carbons (Fsp3) is 0.625. The van der Waals surface area contributed by atoms with Crippen LogP contribution in [0.25, 0.3) is 0 Å². The van der Waals surface area contributed by atoms with E-state index in [1.807, 2.05) is 6.92 Å². The topological polar surface area (TPSA) is 55.1 Å². The van der Waals surface area contributed by atoms with Crippen LogP contribution in [0.4, 0.5) is 0 Å². The number of rotatable bonds is 5. The van der Waals surface area contributed by atoms with Crippen molar-refractivity contribution >= 4 is 5.91 Å². The molecule has 1 amide bonds. The van der Waals surface area contributed by atoms with Gasteiger partial charge in [-0.1, -0.05) is 0 Å². The van der Waals surface area contributed by atoms with E-state index in [0.29, 0.717) is 13.0 Å². The minimum absolute atomic E-state index is 0.265. The standard InChI is InChI=1S/C8H14N2O/c1-2-3-4-6-10-7-5-8(9)11/h10H,4-7H2,1H3,(H2,9,11). The van der Waals surface area contributed by atoms with Gasteiger partial charge in [0, 0.05) is 25.9 Å². The van der Waals surface area contributed by atoms with Gasteiger partial charge in [0.25, 0.3) is 0 Å². The maximum atomic E-state index is 10.2. The van der Waals surface area contributed by atoms with Crippen molar-refractivity contribution in [2.45, 2.75) is 19.8 Å². The van der Waals surface area contributed by atoms with Gasteiger partial charge in [-0.2, -0.15) is 0 Å². The quantitative estimate of drug-likeness (QED) is 0.428. The van der Waals surface area contributed by atoms with Crippen molar-refractivity contribution < 1.29 is 4.79 Å². The first-order chi connectivity index (χ1) is 5.27. The predicted molar refractivity (Wildman–Crippen MR) is 44.7 cm³/mol. The van der Waals surface area contributed by atoms with Crippen molar-refractivity contribution in [3.8, 4) is 11.8 Å². The van der Waals surface area contributed by atoms with Gasteiger partial charge in [-0.15, -0.1) is 11.8 Å². The maximum absolute atomic E-state index is 10.2. The summed E-state index contributed by atoms with van der Waals surface area (Å²) in [5.74, 6) is 5.43. The number of amides is 1. The van der Waals surface area contributed by atoms with E-state index in [1.54, 1.807) is 0 Å². The number of hydrogen-bond acceptors (Lipinski definition) is 2. The lowest BCUT2D eigenvalue weighted by Gasteiger charge is -1.97. The first kappa shape index (κ1) is 9.99. The SMILES string of the molecule is CC#CCCNCCC(N)=O. The highest BCUT2D eigenvalue weighted by Gasteiger charge is 1.91. The molecule has 0 aromatic heterocycles. The van der Waals surface area contributed by atoms with Crippen molar-refractivity contribution in [3.05, 3.63) is 0 Å². The van der Waals surface area contributed by atoms with Crippen molar-refractivity contribution in [1.29, 1.82) is 0 Å². The van der Waals surface area contributed by atoms with Gasteiger partial charge in [-0.05, 0) is 6.92 Å². The summed E-state index contributed by atoms with van der Waals surface area (Å²) < 4.78 is 0. The molecule has 0 fully saturated rings. The first-order valence-corrected chi connectivity index (χ1v) is 3.66. The Morgan fingerprint density at radius 1 is 1.55 bits per heavy atom. The van der Waals surface area contributed by atoms with Crippen LogP contribution in [0.3, 0.4) is 0 Å². The van der Waals surface area contributed by atoms with Gasteiger partial charge in [-0.25, -0.2) is 0 Å². The molecule has 0 aromatic carbocycles. The molecular weight excluding hydrogens is 140 g/mol. The molecule has 11 heavy (non-hydrogen) atoms. The van der Waals surface area contributed by atoms with Gasteiger partial charge in [0.1, 0.15) is 0 Å². The monoisotopic (exact) mass is 154 g/mol. The van der Waals surface area contributed by atoms with Crippen molar-refractivity contribution in [3.63, 3.8) is 0 Å². The number of nitrogens with one attached hydrogen (secondary N) is 1. The van der Waals surface area contributed by atoms with E-state index in [4.69, 9.17) is 5.73 Å². The molecule has 0 unspecified atom stereocenters. The zero-order chi connectivity index (χ0) is 8.53. The fourth-order valence-corrected chi connectivity index (χ4v) is 0.612. The average Bonchev–Trinajstić information content (AvgIpc) is 1.96. The minimum atomic E-state index is -0.265. The molecule has 0 aliphatic rings. The molecular formula is C8H14N2O. The zero-order valence-electron chi connectivity index (χ0n) is 6.81. The predicted octanol–water partition coefficient (Wildman–Crippen LogP) is -0.135. The lowest BCUT2D eigenvalue weighted by atomic mass is 10.4. The van der Waals surface area contributed by atoms with E-state index in [2.05, 4.69) is 17.2 Å². The molecule has 0 radical (unpaired) electrons. The maximum Gasteiger partial charge on any atom is 0.218 e. The highest BCUT2D eigenvalue weighted by atomic mass is 16.1. The molecule has 0 spiro atoms. The van der Waals surface area contributed by atoms with Gasteiger partial charge in [-0.3, -0.25) is 4.79 Å². The van der Waals surface area contributed by atoms with Crippen LogP contribution in [0.1, 0.15) is 19.8 Å². The van der Waals surface area contributed by atoms with Crippen LogP contribution in [0.5, 0.6) is 0 Å². The molecule has 0 aliphatic carbocycles. The van der Waals surface area contributed by atoms with E-state index < -0.39 is 0 Å². The van der Waals surface area contributed by atoms with Gasteiger partial charge >= 0.3 is 0 Å². The second-order valence-corrected chi connectivity index (χ2v) is 2.14. The lowest BCUT2D eigenvalue weighted by molar-refractivity contribution is -0.117. The third-order valence-corrected chi connectivity index (χ3v) is 1.15. The smallest absolute Gasteiger partial charge is 0.218 e. The van der Waals surface area contributed by atoms with Gasteiger partial charge in [0.2, 0.25) is 5.91 Å². The Labute approximate surface area is 67.3 Å². The Hall–Kier alpha value is -1.01. The fourth-order valence-electron chi connectivity index (χ4n) is 0.612. The van der Waals surface area contributed by atoms with Crippen LogP contribution in [0.15, 0.2) is 0 Å². The summed E-state index contributed by atoms with van der Waals surface area (Å²) in [5.41, 5.74) is 4.93. The van der Waals surface area contributed by atoms with Crippen LogP contribution >= 0.6 is 0 Å². The van der Waals surface area contributed by atoms with Crippen LogP contribution in [-0.2, 0) is 4.79 Å². The molecule has 0 aromatic rings. The Bertz CT molecular complexity index is 167. The summed E-state index contributed by atoms with van der Waals surface area (Å²) in [6.45, 7) is 3.29. The zero-order valence-corrected chi connectivity index (χ0v) is 6.81. The molecule has 3 nitrogen and oxygen atoms in total. The highest BCUT2D eigenvalue weighted by Crippen LogP contribution is 1.75. The first-order valence-electron chi connectivity index (χ1n) is 3.66. The molecule has 0 rings (SSSR count). The third kappa shape index (κ3) is 8.99. The van der Waals surface area contributed by atoms with Crippen LogP contribution < -0.4 is 11.1 Å². The summed E-state index contributed by atoms with van der Waals surface area (Å²) in [6.07, 6.45) is 1.23.